The van der Waals surface area contributed by atoms with Crippen LogP contribution in [0.3, 0.4) is 0 Å². The molecule has 0 aliphatic carbocycles. The summed E-state index contributed by atoms with van der Waals surface area (Å²) in [7, 11) is 0. The number of amides is 1. The number of halogens is 1. The average Bonchev–Trinajstić information content (AvgIpc) is 2.63. The Kier molecular flexibility index (Phi) is 6.85. The van der Waals surface area contributed by atoms with Crippen LogP contribution in [-0.2, 0) is 0 Å². The first-order valence-electron chi connectivity index (χ1n) is 8.51. The lowest BCUT2D eigenvalue weighted by Gasteiger charge is -2.33. The third-order valence-corrected chi connectivity index (χ3v) is 4.65. The van der Waals surface area contributed by atoms with E-state index in [0.29, 0.717) is 11.5 Å². The summed E-state index contributed by atoms with van der Waals surface area (Å²) in [5.41, 5.74) is 6.67. The minimum atomic E-state index is 0. The van der Waals surface area contributed by atoms with Gasteiger partial charge in [-0.3, -0.25) is 4.79 Å². The molecule has 1 fully saturated rings. The molecule has 1 aliphatic rings. The normalized spacial score (nSPS) is 16.0. The van der Waals surface area contributed by atoms with Crippen LogP contribution in [0, 0.1) is 5.92 Å². The van der Waals surface area contributed by atoms with Crippen molar-refractivity contribution in [1.82, 2.24) is 4.90 Å². The highest BCUT2D eigenvalue weighted by atomic mass is 35.5. The molecule has 2 N–H and O–H groups in total. The van der Waals surface area contributed by atoms with E-state index in [1.165, 1.54) is 0 Å². The molecule has 2 aromatic rings. The molecule has 0 spiro atoms. The van der Waals surface area contributed by atoms with Crippen LogP contribution in [0.1, 0.15) is 30.1 Å². The summed E-state index contributed by atoms with van der Waals surface area (Å²) in [5.74, 6) is 2.13. The molecule has 1 saturated heterocycles. The molecule has 134 valence electrons. The van der Waals surface area contributed by atoms with Crippen LogP contribution in [0.15, 0.2) is 54.6 Å². The second-order valence-corrected chi connectivity index (χ2v) is 6.43. The van der Waals surface area contributed by atoms with Crippen molar-refractivity contribution in [3.8, 4) is 11.5 Å². The van der Waals surface area contributed by atoms with Gasteiger partial charge in [0.15, 0.2) is 0 Å². The molecule has 1 heterocycles. The van der Waals surface area contributed by atoms with Crippen LogP contribution in [0.5, 0.6) is 11.5 Å². The second-order valence-electron chi connectivity index (χ2n) is 6.43. The Balaban J connectivity index is 0.00000225. The van der Waals surface area contributed by atoms with Crippen molar-refractivity contribution in [1.29, 1.82) is 0 Å². The highest BCUT2D eigenvalue weighted by molar-refractivity contribution is 5.94. The summed E-state index contributed by atoms with van der Waals surface area (Å²) in [5, 5.41) is 0. The Morgan fingerprint density at radius 1 is 1.04 bits per heavy atom. The van der Waals surface area contributed by atoms with Crippen molar-refractivity contribution in [2.45, 2.75) is 25.8 Å². The van der Waals surface area contributed by atoms with Crippen molar-refractivity contribution in [2.24, 2.45) is 11.7 Å². The molecule has 0 saturated carbocycles. The zero-order valence-corrected chi connectivity index (χ0v) is 15.2. The maximum Gasteiger partial charge on any atom is 0.253 e. The number of hydrogen-bond donors (Lipinski definition) is 1. The number of benzene rings is 2. The molecule has 1 atom stereocenters. The molecule has 3 rings (SSSR count). The smallest absolute Gasteiger partial charge is 0.253 e. The lowest BCUT2D eigenvalue weighted by molar-refractivity contribution is 0.0681. The molecule has 1 unspecified atom stereocenters. The van der Waals surface area contributed by atoms with E-state index in [1.54, 1.807) is 0 Å². The zero-order valence-electron chi connectivity index (χ0n) is 14.4. The van der Waals surface area contributed by atoms with Gasteiger partial charge in [-0.05, 0) is 62.1 Å². The summed E-state index contributed by atoms with van der Waals surface area (Å²) in [6, 6.07) is 17.2. The summed E-state index contributed by atoms with van der Waals surface area (Å²) in [6.07, 6.45) is 1.97. The molecule has 25 heavy (non-hydrogen) atoms. The van der Waals surface area contributed by atoms with E-state index in [2.05, 4.69) is 0 Å². The van der Waals surface area contributed by atoms with Gasteiger partial charge < -0.3 is 15.4 Å². The van der Waals surface area contributed by atoms with Crippen molar-refractivity contribution in [3.05, 3.63) is 60.2 Å². The van der Waals surface area contributed by atoms with Gasteiger partial charge in [0.05, 0.1) is 0 Å². The number of rotatable bonds is 4. The predicted molar refractivity (Wildman–Crippen MR) is 102 cm³/mol. The lowest BCUT2D eigenvalue weighted by atomic mass is 9.90. The van der Waals surface area contributed by atoms with Crippen molar-refractivity contribution in [2.75, 3.05) is 13.1 Å². The van der Waals surface area contributed by atoms with Gasteiger partial charge in [0.25, 0.3) is 5.91 Å². The fraction of sp³-hybridized carbons (Fsp3) is 0.350. The highest BCUT2D eigenvalue weighted by Gasteiger charge is 2.25. The fourth-order valence-corrected chi connectivity index (χ4v) is 3.10. The number of likely N-dealkylation sites (tertiary alicyclic amines) is 1. The van der Waals surface area contributed by atoms with Gasteiger partial charge in [0.2, 0.25) is 0 Å². The Labute approximate surface area is 155 Å². The number of ether oxygens (including phenoxy) is 1. The van der Waals surface area contributed by atoms with Gasteiger partial charge >= 0.3 is 0 Å². The van der Waals surface area contributed by atoms with Crippen LogP contribution < -0.4 is 10.5 Å². The number of piperidine rings is 1. The van der Waals surface area contributed by atoms with Crippen LogP contribution in [0.4, 0.5) is 0 Å². The Hall–Kier alpha value is -2.04. The van der Waals surface area contributed by atoms with Gasteiger partial charge in [-0.25, -0.2) is 0 Å². The largest absolute Gasteiger partial charge is 0.457 e. The molecular weight excluding hydrogens is 336 g/mol. The van der Waals surface area contributed by atoms with Crippen molar-refractivity contribution in [3.63, 3.8) is 0 Å². The monoisotopic (exact) mass is 360 g/mol. The third kappa shape index (κ3) is 4.97. The van der Waals surface area contributed by atoms with E-state index in [1.807, 2.05) is 66.4 Å². The average molecular weight is 361 g/mol. The first-order valence-corrected chi connectivity index (χ1v) is 8.51. The molecule has 1 amide bonds. The number of nitrogens with zero attached hydrogens (tertiary/aromatic N) is 1. The van der Waals surface area contributed by atoms with E-state index >= 15 is 0 Å². The van der Waals surface area contributed by atoms with E-state index in [0.717, 1.165) is 37.4 Å². The van der Waals surface area contributed by atoms with E-state index < -0.39 is 0 Å². The summed E-state index contributed by atoms with van der Waals surface area (Å²) >= 11 is 0. The highest BCUT2D eigenvalue weighted by Crippen LogP contribution is 2.24. The van der Waals surface area contributed by atoms with Gasteiger partial charge in [0, 0.05) is 24.7 Å². The maximum absolute atomic E-state index is 12.6. The standard InChI is InChI=1S/C20H24N2O2.ClH/c1-15(21)16-11-13-22(14-12-16)20(23)17-7-9-19(10-8-17)24-18-5-3-2-4-6-18;/h2-10,15-16H,11-14,21H2,1H3;1H. The first kappa shape index (κ1) is 19.3. The van der Waals surface area contributed by atoms with Gasteiger partial charge in [0.1, 0.15) is 11.5 Å². The molecule has 0 bridgehead atoms. The summed E-state index contributed by atoms with van der Waals surface area (Å²) in [6.45, 7) is 3.62. The fourth-order valence-electron chi connectivity index (χ4n) is 3.10. The third-order valence-electron chi connectivity index (χ3n) is 4.65. The van der Waals surface area contributed by atoms with Crippen molar-refractivity contribution >= 4 is 18.3 Å². The Morgan fingerprint density at radius 3 is 2.16 bits per heavy atom. The quantitative estimate of drug-likeness (QED) is 0.893. The molecule has 4 nitrogen and oxygen atoms in total. The van der Waals surface area contributed by atoms with Crippen LogP contribution in [0.25, 0.3) is 0 Å². The molecule has 1 aliphatic heterocycles. The summed E-state index contributed by atoms with van der Waals surface area (Å²) in [4.78, 5) is 14.5. The van der Waals surface area contributed by atoms with Gasteiger partial charge in [-0.2, -0.15) is 0 Å². The molecular formula is C20H25ClN2O2. The number of para-hydroxylation sites is 1. The van der Waals surface area contributed by atoms with Gasteiger partial charge in [-0.15, -0.1) is 12.4 Å². The molecule has 2 aromatic carbocycles. The zero-order chi connectivity index (χ0) is 16.9. The minimum Gasteiger partial charge on any atom is -0.457 e. The Bertz CT molecular complexity index is 666. The molecule has 0 radical (unpaired) electrons. The second kappa shape index (κ2) is 8.88. The van der Waals surface area contributed by atoms with E-state index in [9.17, 15) is 4.79 Å². The molecule has 5 heteroatoms. The SMILES string of the molecule is CC(N)C1CCN(C(=O)c2ccc(Oc3ccccc3)cc2)CC1.Cl. The van der Waals surface area contributed by atoms with E-state index in [-0.39, 0.29) is 24.4 Å². The first-order chi connectivity index (χ1) is 11.6. The van der Waals surface area contributed by atoms with Crippen LogP contribution in [0.2, 0.25) is 0 Å². The van der Waals surface area contributed by atoms with E-state index in [4.69, 9.17) is 10.5 Å². The Morgan fingerprint density at radius 2 is 1.60 bits per heavy atom. The van der Waals surface area contributed by atoms with Crippen molar-refractivity contribution < 1.29 is 9.53 Å². The lowest BCUT2D eigenvalue weighted by Crippen LogP contribution is -2.42. The maximum atomic E-state index is 12.6. The predicted octanol–water partition coefficient (Wildman–Crippen LogP) is 4.10. The van der Waals surface area contributed by atoms with Crippen LogP contribution in [-0.4, -0.2) is 29.9 Å². The number of nitrogens with two attached hydrogens (primary N) is 1. The van der Waals surface area contributed by atoms with Gasteiger partial charge in [-0.1, -0.05) is 18.2 Å². The molecule has 0 aromatic heterocycles. The minimum absolute atomic E-state index is 0. The number of hydrogen-bond acceptors (Lipinski definition) is 3. The topological polar surface area (TPSA) is 55.6 Å². The number of carbonyl (C=O) groups is 1. The summed E-state index contributed by atoms with van der Waals surface area (Å²) < 4.78 is 5.76. The van der Waals surface area contributed by atoms with Crippen LogP contribution >= 0.6 is 12.4 Å². The number of carbonyl (C=O) groups excluding carboxylic acids is 1.